The zero-order valence-corrected chi connectivity index (χ0v) is 5.72. The van der Waals surface area contributed by atoms with Crippen molar-refractivity contribution < 1.29 is 8.42 Å². The maximum Gasteiger partial charge on any atom is 0.256 e. The van der Waals surface area contributed by atoms with Crippen molar-refractivity contribution in [1.82, 2.24) is 15.0 Å². The van der Waals surface area contributed by atoms with Gasteiger partial charge in [-0.15, -0.1) is 4.83 Å². The topological polar surface area (TPSA) is 101 Å². The average molecular weight is 162 g/mol. The number of aromatic amines is 1. The largest absolute Gasteiger partial charge is 0.284 e. The van der Waals surface area contributed by atoms with Crippen LogP contribution < -0.4 is 10.7 Å². The van der Waals surface area contributed by atoms with E-state index in [1.54, 1.807) is 4.83 Å². The first-order valence-electron chi connectivity index (χ1n) is 2.38. The molecule has 7 heteroatoms. The van der Waals surface area contributed by atoms with Gasteiger partial charge < -0.3 is 0 Å². The van der Waals surface area contributed by atoms with Crippen molar-refractivity contribution in [2.45, 2.75) is 4.90 Å². The van der Waals surface area contributed by atoms with Gasteiger partial charge in [0.15, 0.2) is 0 Å². The molecule has 0 radical (unpaired) electrons. The van der Waals surface area contributed by atoms with Crippen molar-refractivity contribution in [2.24, 2.45) is 5.84 Å². The van der Waals surface area contributed by atoms with Crippen LogP contribution in [-0.2, 0) is 10.0 Å². The fourth-order valence-electron chi connectivity index (χ4n) is 0.454. The van der Waals surface area contributed by atoms with Gasteiger partial charge in [0, 0.05) is 6.20 Å². The molecule has 0 saturated heterocycles. The highest BCUT2D eigenvalue weighted by molar-refractivity contribution is 7.89. The monoisotopic (exact) mass is 162 g/mol. The lowest BCUT2D eigenvalue weighted by atomic mass is 10.7. The van der Waals surface area contributed by atoms with Crippen molar-refractivity contribution >= 4 is 10.0 Å². The Morgan fingerprint density at radius 2 is 2.40 bits per heavy atom. The van der Waals surface area contributed by atoms with Crippen LogP contribution in [0.5, 0.6) is 0 Å². The van der Waals surface area contributed by atoms with E-state index >= 15 is 0 Å². The molecule has 0 atom stereocenters. The van der Waals surface area contributed by atoms with Crippen molar-refractivity contribution in [3.8, 4) is 0 Å². The molecule has 0 aliphatic heterocycles. The number of nitrogens with two attached hydrogens (primary N) is 1. The molecular weight excluding hydrogens is 156 g/mol. The van der Waals surface area contributed by atoms with Crippen LogP contribution in [0.1, 0.15) is 0 Å². The Morgan fingerprint density at radius 3 is 2.80 bits per heavy atom. The van der Waals surface area contributed by atoms with E-state index in [1.807, 2.05) is 0 Å². The van der Waals surface area contributed by atoms with Crippen LogP contribution in [0.3, 0.4) is 0 Å². The molecular formula is C3H6N4O2S. The average Bonchev–Trinajstić information content (AvgIpc) is 2.38. The Hall–Kier alpha value is -0.920. The van der Waals surface area contributed by atoms with E-state index in [4.69, 9.17) is 5.84 Å². The number of nitrogens with zero attached hydrogens (tertiary/aromatic N) is 1. The molecule has 10 heavy (non-hydrogen) atoms. The van der Waals surface area contributed by atoms with Gasteiger partial charge in [-0.1, -0.05) is 0 Å². The van der Waals surface area contributed by atoms with Gasteiger partial charge in [-0.05, 0) is 0 Å². The van der Waals surface area contributed by atoms with Crippen molar-refractivity contribution in [3.05, 3.63) is 12.4 Å². The van der Waals surface area contributed by atoms with Gasteiger partial charge >= 0.3 is 0 Å². The Bertz CT molecular complexity index is 288. The fourth-order valence-corrected chi connectivity index (χ4v) is 0.989. The summed E-state index contributed by atoms with van der Waals surface area (Å²) in [6.45, 7) is 0. The van der Waals surface area contributed by atoms with E-state index in [1.165, 1.54) is 6.20 Å². The predicted octanol–water partition coefficient (Wildman–Crippen LogP) is -1.44. The summed E-state index contributed by atoms with van der Waals surface area (Å²) in [6.07, 6.45) is 2.39. The Balaban J connectivity index is 3.09. The number of sulfonamides is 1. The highest BCUT2D eigenvalue weighted by Crippen LogP contribution is 2.01. The van der Waals surface area contributed by atoms with Crippen LogP contribution in [0.25, 0.3) is 0 Å². The summed E-state index contributed by atoms with van der Waals surface area (Å²) in [5.41, 5.74) is 0. The van der Waals surface area contributed by atoms with Crippen LogP contribution in [-0.4, -0.2) is 18.6 Å². The minimum atomic E-state index is -3.52. The van der Waals surface area contributed by atoms with Crippen molar-refractivity contribution in [1.29, 1.82) is 0 Å². The number of hydrazine groups is 1. The summed E-state index contributed by atoms with van der Waals surface area (Å²) in [7, 11) is -3.52. The summed E-state index contributed by atoms with van der Waals surface area (Å²) in [5.74, 6) is 4.72. The number of aromatic nitrogens is 2. The molecule has 1 aromatic rings. The van der Waals surface area contributed by atoms with Gasteiger partial charge in [-0.25, -0.2) is 8.42 Å². The quantitative estimate of drug-likeness (QED) is 0.366. The predicted molar refractivity (Wildman–Crippen MR) is 33.1 cm³/mol. The third kappa shape index (κ3) is 1.15. The molecule has 0 amide bonds. The maximum atomic E-state index is 10.8. The fraction of sp³-hybridized carbons (Fsp3) is 0. The third-order valence-electron chi connectivity index (χ3n) is 0.939. The highest BCUT2D eigenvalue weighted by Gasteiger charge is 2.11. The number of rotatable bonds is 2. The first-order chi connectivity index (χ1) is 4.67. The first kappa shape index (κ1) is 7.19. The van der Waals surface area contributed by atoms with Crippen molar-refractivity contribution in [2.75, 3.05) is 0 Å². The molecule has 4 N–H and O–H groups in total. The van der Waals surface area contributed by atoms with Crippen LogP contribution >= 0.6 is 0 Å². The normalized spacial score (nSPS) is 11.7. The van der Waals surface area contributed by atoms with Crippen LogP contribution in [0.15, 0.2) is 17.3 Å². The molecule has 0 spiro atoms. The van der Waals surface area contributed by atoms with Crippen LogP contribution in [0, 0.1) is 0 Å². The Labute approximate surface area is 57.4 Å². The smallest absolute Gasteiger partial charge is 0.256 e. The highest BCUT2D eigenvalue weighted by atomic mass is 32.2. The lowest BCUT2D eigenvalue weighted by molar-refractivity contribution is 0.584. The molecule has 1 heterocycles. The van der Waals surface area contributed by atoms with E-state index in [0.29, 0.717) is 0 Å². The third-order valence-corrected chi connectivity index (χ3v) is 2.09. The first-order valence-corrected chi connectivity index (χ1v) is 3.86. The number of H-pyrrole nitrogens is 1. The lowest BCUT2D eigenvalue weighted by Gasteiger charge is -1.94. The molecule has 0 fully saturated rings. The molecule has 56 valence electrons. The Morgan fingerprint density at radius 1 is 1.70 bits per heavy atom. The summed E-state index contributed by atoms with van der Waals surface area (Å²) >= 11 is 0. The number of nitrogens with one attached hydrogen (secondary N) is 2. The van der Waals surface area contributed by atoms with Gasteiger partial charge in [0.2, 0.25) is 0 Å². The van der Waals surface area contributed by atoms with Gasteiger partial charge in [0.05, 0.1) is 6.20 Å². The van der Waals surface area contributed by atoms with Crippen LogP contribution in [0.4, 0.5) is 0 Å². The number of hydrogen-bond acceptors (Lipinski definition) is 4. The minimum absolute atomic E-state index is 0.0231. The summed E-state index contributed by atoms with van der Waals surface area (Å²) in [5, 5.41) is 5.78. The molecule has 0 aliphatic rings. The van der Waals surface area contributed by atoms with E-state index in [0.717, 1.165) is 6.20 Å². The molecule has 0 unspecified atom stereocenters. The second-order valence-electron chi connectivity index (χ2n) is 1.56. The van der Waals surface area contributed by atoms with Gasteiger partial charge in [-0.3, -0.25) is 10.9 Å². The molecule has 0 aromatic carbocycles. The molecule has 1 aromatic heterocycles. The standard InChI is InChI=1S/C3H6N4O2S/c4-7-10(8,9)3-1-5-6-2-3/h1-2,7H,4H2,(H,5,6). The molecule has 0 aliphatic carbocycles. The van der Waals surface area contributed by atoms with Crippen LogP contribution in [0.2, 0.25) is 0 Å². The summed E-state index contributed by atoms with van der Waals surface area (Å²) in [4.78, 5) is 1.68. The molecule has 0 bridgehead atoms. The van der Waals surface area contributed by atoms with Gasteiger partial charge in [0.25, 0.3) is 10.0 Å². The second kappa shape index (κ2) is 2.37. The summed E-state index contributed by atoms with van der Waals surface area (Å²) in [6, 6.07) is 0. The van der Waals surface area contributed by atoms with E-state index < -0.39 is 10.0 Å². The van der Waals surface area contributed by atoms with Gasteiger partial charge in [0.1, 0.15) is 4.90 Å². The molecule has 0 saturated carbocycles. The maximum absolute atomic E-state index is 10.8. The van der Waals surface area contributed by atoms with E-state index in [9.17, 15) is 8.42 Å². The second-order valence-corrected chi connectivity index (χ2v) is 3.27. The lowest BCUT2D eigenvalue weighted by Crippen LogP contribution is -2.29. The van der Waals surface area contributed by atoms with Crippen molar-refractivity contribution in [3.63, 3.8) is 0 Å². The zero-order chi connectivity index (χ0) is 7.61. The summed E-state index contributed by atoms with van der Waals surface area (Å²) < 4.78 is 21.5. The van der Waals surface area contributed by atoms with Gasteiger partial charge in [-0.2, -0.15) is 5.10 Å². The minimum Gasteiger partial charge on any atom is -0.284 e. The Kier molecular flexibility index (Phi) is 1.70. The molecule has 1 rings (SSSR count). The number of hydrogen-bond donors (Lipinski definition) is 3. The van der Waals surface area contributed by atoms with E-state index in [-0.39, 0.29) is 4.90 Å². The SMILES string of the molecule is NNS(=O)(=O)c1cn[nH]c1. The molecule has 6 nitrogen and oxygen atoms in total. The zero-order valence-electron chi connectivity index (χ0n) is 4.90. The van der Waals surface area contributed by atoms with E-state index in [2.05, 4.69) is 10.2 Å².